The van der Waals surface area contributed by atoms with E-state index < -0.39 is 10.8 Å². The highest BCUT2D eigenvalue weighted by molar-refractivity contribution is 5.77. The zero-order valence-corrected chi connectivity index (χ0v) is 10.2. The van der Waals surface area contributed by atoms with Gasteiger partial charge in [0.2, 0.25) is 0 Å². The van der Waals surface area contributed by atoms with E-state index in [1.165, 1.54) is 25.3 Å². The number of amides is 1. The molecule has 7 nitrogen and oxygen atoms in total. The van der Waals surface area contributed by atoms with Crippen LogP contribution in [0.2, 0.25) is 0 Å². The first-order chi connectivity index (χ1) is 9.08. The van der Waals surface area contributed by atoms with Crippen molar-refractivity contribution in [3.8, 4) is 23.8 Å². The molecule has 1 aromatic carbocycles. The summed E-state index contributed by atoms with van der Waals surface area (Å²) in [6, 6.07) is 3.84. The quantitative estimate of drug-likeness (QED) is 0.464. The van der Waals surface area contributed by atoms with Crippen molar-refractivity contribution in [2.75, 3.05) is 20.3 Å². The molecule has 0 fully saturated rings. The standard InChI is InChI=1S/C12H12N2O5/c1-3-6-13-12(15)8-19-10-5-4-9(14(16)17)7-11(10)18-2/h1,4-5,7H,6,8H2,2H3,(H,13,15). The van der Waals surface area contributed by atoms with Crippen LogP contribution in [0.5, 0.6) is 11.5 Å². The second-order valence-corrected chi connectivity index (χ2v) is 3.36. The fourth-order valence-electron chi connectivity index (χ4n) is 1.23. The highest BCUT2D eigenvalue weighted by Crippen LogP contribution is 2.30. The number of nitrogens with zero attached hydrogens (tertiary/aromatic N) is 1. The SMILES string of the molecule is C#CCNC(=O)COc1ccc([N+](=O)[O-])cc1OC. The minimum Gasteiger partial charge on any atom is -0.493 e. The molecule has 0 aliphatic carbocycles. The van der Waals surface area contributed by atoms with Crippen molar-refractivity contribution >= 4 is 11.6 Å². The molecule has 1 aromatic rings. The lowest BCUT2D eigenvalue weighted by Crippen LogP contribution is -2.29. The van der Waals surface area contributed by atoms with Crippen LogP contribution in [0.4, 0.5) is 5.69 Å². The molecule has 7 heteroatoms. The number of hydrogen-bond donors (Lipinski definition) is 1. The number of ether oxygens (including phenoxy) is 2. The first-order valence-corrected chi connectivity index (χ1v) is 5.24. The first kappa shape index (κ1) is 14.3. The van der Waals surface area contributed by atoms with Gasteiger partial charge in [0.25, 0.3) is 11.6 Å². The molecule has 0 saturated carbocycles. The van der Waals surface area contributed by atoms with E-state index in [1.807, 2.05) is 0 Å². The van der Waals surface area contributed by atoms with Crippen LogP contribution in [0.15, 0.2) is 18.2 Å². The average Bonchev–Trinajstić information content (AvgIpc) is 2.42. The summed E-state index contributed by atoms with van der Waals surface area (Å²) in [6.45, 7) is -0.143. The topological polar surface area (TPSA) is 90.7 Å². The van der Waals surface area contributed by atoms with Gasteiger partial charge in [-0.2, -0.15) is 0 Å². The van der Waals surface area contributed by atoms with Crippen LogP contribution in [0.3, 0.4) is 0 Å². The summed E-state index contributed by atoms with van der Waals surface area (Å²) < 4.78 is 10.1. The molecule has 19 heavy (non-hydrogen) atoms. The summed E-state index contributed by atoms with van der Waals surface area (Å²) in [7, 11) is 1.35. The maximum atomic E-state index is 11.3. The van der Waals surface area contributed by atoms with Crippen molar-refractivity contribution < 1.29 is 19.2 Å². The van der Waals surface area contributed by atoms with Crippen molar-refractivity contribution in [3.63, 3.8) is 0 Å². The monoisotopic (exact) mass is 264 g/mol. The number of hydrogen-bond acceptors (Lipinski definition) is 5. The van der Waals surface area contributed by atoms with Crippen LogP contribution in [-0.2, 0) is 4.79 Å². The average molecular weight is 264 g/mol. The number of rotatable bonds is 6. The molecular formula is C12H12N2O5. The Morgan fingerprint density at radius 3 is 2.84 bits per heavy atom. The molecule has 0 aliphatic rings. The molecule has 100 valence electrons. The van der Waals surface area contributed by atoms with Crippen LogP contribution in [0, 0.1) is 22.5 Å². The third kappa shape index (κ3) is 4.20. The van der Waals surface area contributed by atoms with Gasteiger partial charge < -0.3 is 14.8 Å². The molecule has 1 amide bonds. The number of terminal acetylenes is 1. The predicted molar refractivity (Wildman–Crippen MR) is 67.0 cm³/mol. The first-order valence-electron chi connectivity index (χ1n) is 5.24. The van der Waals surface area contributed by atoms with Crippen LogP contribution in [0.1, 0.15) is 0 Å². The van der Waals surface area contributed by atoms with Gasteiger partial charge in [0.05, 0.1) is 24.6 Å². The summed E-state index contributed by atoms with van der Waals surface area (Å²) in [5.74, 6) is 2.28. The number of nitrogens with one attached hydrogen (secondary N) is 1. The number of benzene rings is 1. The van der Waals surface area contributed by atoms with E-state index in [2.05, 4.69) is 11.2 Å². The summed E-state index contributed by atoms with van der Waals surface area (Å²) in [5, 5.41) is 13.0. The van der Waals surface area contributed by atoms with Gasteiger partial charge in [-0.15, -0.1) is 6.42 Å². The Balaban J connectivity index is 2.71. The van der Waals surface area contributed by atoms with Crippen LogP contribution in [0.25, 0.3) is 0 Å². The van der Waals surface area contributed by atoms with Gasteiger partial charge in [-0.05, 0) is 6.07 Å². The molecule has 0 heterocycles. The van der Waals surface area contributed by atoms with Crippen LogP contribution in [-0.4, -0.2) is 31.1 Å². The lowest BCUT2D eigenvalue weighted by atomic mass is 10.3. The summed E-state index contributed by atoms with van der Waals surface area (Å²) in [4.78, 5) is 21.3. The number of carbonyl (C=O) groups is 1. The second-order valence-electron chi connectivity index (χ2n) is 3.36. The fourth-order valence-corrected chi connectivity index (χ4v) is 1.23. The lowest BCUT2D eigenvalue weighted by Gasteiger charge is -2.09. The summed E-state index contributed by atoms with van der Waals surface area (Å²) in [6.07, 6.45) is 4.99. The molecule has 0 unspecified atom stereocenters. The zero-order chi connectivity index (χ0) is 14.3. The Kier molecular flexibility index (Phi) is 5.17. The van der Waals surface area contributed by atoms with E-state index >= 15 is 0 Å². The number of nitro groups is 1. The van der Waals surface area contributed by atoms with Crippen molar-refractivity contribution in [3.05, 3.63) is 28.3 Å². The maximum Gasteiger partial charge on any atom is 0.273 e. The Morgan fingerprint density at radius 1 is 1.53 bits per heavy atom. The van der Waals surface area contributed by atoms with Gasteiger partial charge in [-0.3, -0.25) is 14.9 Å². The third-order valence-corrected chi connectivity index (χ3v) is 2.10. The maximum absolute atomic E-state index is 11.3. The molecule has 0 spiro atoms. The van der Waals surface area contributed by atoms with E-state index in [9.17, 15) is 14.9 Å². The van der Waals surface area contributed by atoms with E-state index in [1.54, 1.807) is 0 Å². The molecule has 1 rings (SSSR count). The number of nitro benzene ring substituents is 1. The van der Waals surface area contributed by atoms with Crippen molar-refractivity contribution in [1.29, 1.82) is 0 Å². The second kappa shape index (κ2) is 6.86. The van der Waals surface area contributed by atoms with Gasteiger partial charge in [0.15, 0.2) is 18.1 Å². The number of non-ortho nitro benzene ring substituents is 1. The third-order valence-electron chi connectivity index (χ3n) is 2.10. The smallest absolute Gasteiger partial charge is 0.273 e. The Morgan fingerprint density at radius 2 is 2.26 bits per heavy atom. The van der Waals surface area contributed by atoms with Gasteiger partial charge in [0.1, 0.15) is 0 Å². The highest BCUT2D eigenvalue weighted by Gasteiger charge is 2.13. The predicted octanol–water partition coefficient (Wildman–Crippen LogP) is 0.732. The zero-order valence-electron chi connectivity index (χ0n) is 10.2. The van der Waals surface area contributed by atoms with E-state index in [0.29, 0.717) is 0 Å². The minimum atomic E-state index is -0.550. The van der Waals surface area contributed by atoms with Crippen molar-refractivity contribution in [2.24, 2.45) is 0 Å². The largest absolute Gasteiger partial charge is 0.493 e. The minimum absolute atomic E-state index is 0.111. The van der Waals surface area contributed by atoms with Crippen LogP contribution >= 0.6 is 0 Å². The van der Waals surface area contributed by atoms with Gasteiger partial charge in [0, 0.05) is 6.07 Å². The van der Waals surface area contributed by atoms with Crippen molar-refractivity contribution in [1.82, 2.24) is 5.32 Å². The molecule has 0 aliphatic heterocycles. The highest BCUT2D eigenvalue weighted by atomic mass is 16.6. The molecule has 0 radical (unpaired) electrons. The molecule has 0 atom stereocenters. The fraction of sp³-hybridized carbons (Fsp3) is 0.250. The van der Waals surface area contributed by atoms with Crippen LogP contribution < -0.4 is 14.8 Å². The molecular weight excluding hydrogens is 252 g/mol. The molecule has 0 bridgehead atoms. The number of carbonyl (C=O) groups excluding carboxylic acids is 1. The normalized spacial score (nSPS) is 9.26. The van der Waals surface area contributed by atoms with Gasteiger partial charge >= 0.3 is 0 Å². The Hall–Kier alpha value is -2.75. The summed E-state index contributed by atoms with van der Waals surface area (Å²) in [5.41, 5.74) is -0.124. The number of methoxy groups -OCH3 is 1. The molecule has 0 aromatic heterocycles. The van der Waals surface area contributed by atoms with E-state index in [4.69, 9.17) is 15.9 Å². The van der Waals surface area contributed by atoms with E-state index in [0.717, 1.165) is 0 Å². The van der Waals surface area contributed by atoms with Gasteiger partial charge in [-0.25, -0.2) is 0 Å². The Bertz CT molecular complexity index is 521. The lowest BCUT2D eigenvalue weighted by molar-refractivity contribution is -0.384. The van der Waals surface area contributed by atoms with Gasteiger partial charge in [-0.1, -0.05) is 5.92 Å². The molecule has 1 N–H and O–H groups in total. The van der Waals surface area contributed by atoms with E-state index in [-0.39, 0.29) is 30.3 Å². The molecule has 0 saturated heterocycles. The Labute approximate surface area is 109 Å². The summed E-state index contributed by atoms with van der Waals surface area (Å²) >= 11 is 0. The van der Waals surface area contributed by atoms with Crippen molar-refractivity contribution in [2.45, 2.75) is 0 Å².